The van der Waals surface area contributed by atoms with Crippen LogP contribution in [-0.4, -0.2) is 6.61 Å². The van der Waals surface area contributed by atoms with Crippen LogP contribution in [0.25, 0.3) is 0 Å². The second-order valence-corrected chi connectivity index (χ2v) is 9.46. The van der Waals surface area contributed by atoms with Gasteiger partial charge >= 0.3 is 0 Å². The first kappa shape index (κ1) is 22.4. The van der Waals surface area contributed by atoms with Gasteiger partial charge in [0, 0.05) is 0 Å². The Morgan fingerprint density at radius 3 is 2.17 bits per heavy atom. The third-order valence-electron chi connectivity index (χ3n) is 7.53. The summed E-state index contributed by atoms with van der Waals surface area (Å²) in [4.78, 5) is 0. The van der Waals surface area contributed by atoms with E-state index in [0.29, 0.717) is 6.33 Å². The van der Waals surface area contributed by atoms with Gasteiger partial charge in [-0.05, 0) is 99.2 Å². The number of hydrogen-bond acceptors (Lipinski definition) is 1. The van der Waals surface area contributed by atoms with Crippen LogP contribution in [-0.2, 0) is 0 Å². The van der Waals surface area contributed by atoms with Gasteiger partial charge in [0.05, 0.1) is 12.9 Å². The number of hydrogen-bond donors (Lipinski definition) is 0. The number of halogens is 1. The lowest BCUT2D eigenvalue weighted by molar-refractivity contribution is 0.157. The summed E-state index contributed by atoms with van der Waals surface area (Å²) < 4.78 is 18.0. The van der Waals surface area contributed by atoms with Gasteiger partial charge in [-0.1, -0.05) is 50.8 Å². The van der Waals surface area contributed by atoms with Crippen molar-refractivity contribution >= 4 is 0 Å². The topological polar surface area (TPSA) is 9.23 Å². The van der Waals surface area contributed by atoms with E-state index in [1.165, 1.54) is 76.2 Å². The highest BCUT2D eigenvalue weighted by atomic mass is 19.1. The third kappa shape index (κ3) is 7.15. The van der Waals surface area contributed by atoms with Gasteiger partial charge in [0.25, 0.3) is 0 Å². The smallest absolute Gasteiger partial charge is 0.119 e. The lowest BCUT2D eigenvalue weighted by Crippen LogP contribution is -2.25. The van der Waals surface area contributed by atoms with Gasteiger partial charge in [0.1, 0.15) is 5.75 Å². The van der Waals surface area contributed by atoms with E-state index in [9.17, 15) is 4.39 Å². The SMILES string of the molecule is CCCCCOc1ccc(C2CCC([C@H]3CC[C@H](CC/C=C/F)CC3)CC2)cc1. The van der Waals surface area contributed by atoms with Crippen LogP contribution in [0, 0.1) is 17.8 Å². The van der Waals surface area contributed by atoms with Gasteiger partial charge in [-0.15, -0.1) is 0 Å². The molecule has 0 aliphatic heterocycles. The molecule has 0 radical (unpaired) electrons. The highest BCUT2D eigenvalue weighted by molar-refractivity contribution is 5.29. The summed E-state index contributed by atoms with van der Waals surface area (Å²) in [6, 6.07) is 8.95. The molecule has 0 heterocycles. The summed E-state index contributed by atoms with van der Waals surface area (Å²) >= 11 is 0. The summed E-state index contributed by atoms with van der Waals surface area (Å²) in [6.45, 7) is 3.07. The van der Waals surface area contributed by atoms with Crippen LogP contribution in [0.1, 0.15) is 102 Å². The molecule has 162 valence electrons. The highest BCUT2D eigenvalue weighted by Gasteiger charge is 2.31. The monoisotopic (exact) mass is 400 g/mol. The molecule has 1 nitrogen and oxygen atoms in total. The van der Waals surface area contributed by atoms with Crippen LogP contribution >= 0.6 is 0 Å². The number of benzene rings is 1. The minimum absolute atomic E-state index is 0.707. The van der Waals surface area contributed by atoms with Crippen molar-refractivity contribution in [3.8, 4) is 5.75 Å². The molecule has 0 unspecified atom stereocenters. The van der Waals surface area contributed by atoms with Crippen LogP contribution in [0.2, 0.25) is 0 Å². The van der Waals surface area contributed by atoms with E-state index < -0.39 is 0 Å². The number of allylic oxidation sites excluding steroid dienone is 1. The zero-order chi connectivity index (χ0) is 20.3. The lowest BCUT2D eigenvalue weighted by Gasteiger charge is -2.38. The van der Waals surface area contributed by atoms with E-state index in [1.807, 2.05) is 0 Å². The molecule has 0 bridgehead atoms. The average molecular weight is 401 g/mol. The Morgan fingerprint density at radius 2 is 1.55 bits per heavy atom. The normalized spacial score (nSPS) is 27.9. The van der Waals surface area contributed by atoms with Gasteiger partial charge in [-0.2, -0.15) is 0 Å². The van der Waals surface area contributed by atoms with Crippen LogP contribution < -0.4 is 4.74 Å². The molecule has 2 heteroatoms. The zero-order valence-corrected chi connectivity index (χ0v) is 18.5. The molecule has 2 fully saturated rings. The molecular weight excluding hydrogens is 359 g/mol. The molecule has 1 aromatic carbocycles. The molecule has 2 aliphatic rings. The summed E-state index contributed by atoms with van der Waals surface area (Å²) in [6.07, 6.45) is 19.2. The molecule has 0 saturated heterocycles. The van der Waals surface area contributed by atoms with E-state index in [4.69, 9.17) is 4.74 Å². The van der Waals surface area contributed by atoms with Crippen molar-refractivity contribution in [1.29, 1.82) is 0 Å². The predicted molar refractivity (Wildman–Crippen MR) is 121 cm³/mol. The van der Waals surface area contributed by atoms with Gasteiger partial charge in [-0.25, -0.2) is 4.39 Å². The first-order valence-electron chi connectivity index (χ1n) is 12.3. The fourth-order valence-electron chi connectivity index (χ4n) is 5.65. The summed E-state index contributed by atoms with van der Waals surface area (Å²) in [5.41, 5.74) is 1.51. The summed E-state index contributed by atoms with van der Waals surface area (Å²) in [7, 11) is 0. The number of rotatable bonds is 10. The fourth-order valence-corrected chi connectivity index (χ4v) is 5.65. The molecule has 2 saturated carbocycles. The van der Waals surface area contributed by atoms with Crippen molar-refractivity contribution in [2.45, 2.75) is 96.3 Å². The standard InChI is InChI=1S/C27H41FO/c1-2-3-6-21-29-27-18-16-26(17-19-27)25-14-12-24(13-15-25)23-10-8-22(9-11-23)7-4-5-20-28/h5,16-20,22-25H,2-4,6-15,21H2,1H3/b20-5+/t22-,23-,24?,25?. The predicted octanol–water partition coefficient (Wildman–Crippen LogP) is 8.60. The first-order chi connectivity index (χ1) is 14.3. The molecule has 0 N–H and O–H groups in total. The van der Waals surface area contributed by atoms with Crippen LogP contribution in [0.5, 0.6) is 5.75 Å². The van der Waals surface area contributed by atoms with Crippen molar-refractivity contribution in [2.24, 2.45) is 17.8 Å². The summed E-state index contributed by atoms with van der Waals surface area (Å²) in [5, 5.41) is 0. The van der Waals surface area contributed by atoms with Crippen molar-refractivity contribution in [3.63, 3.8) is 0 Å². The van der Waals surface area contributed by atoms with Crippen LogP contribution in [0.3, 0.4) is 0 Å². The van der Waals surface area contributed by atoms with Gasteiger partial charge in [0.2, 0.25) is 0 Å². The van der Waals surface area contributed by atoms with E-state index in [1.54, 1.807) is 6.08 Å². The second kappa shape index (κ2) is 12.4. The minimum Gasteiger partial charge on any atom is -0.494 e. The molecular formula is C27H41FO. The minimum atomic E-state index is 0.707. The Labute approximate surface area is 178 Å². The van der Waals surface area contributed by atoms with E-state index in [2.05, 4.69) is 31.2 Å². The maximum atomic E-state index is 12.1. The lowest BCUT2D eigenvalue weighted by atomic mass is 9.68. The maximum absolute atomic E-state index is 12.1. The maximum Gasteiger partial charge on any atom is 0.119 e. The van der Waals surface area contributed by atoms with Crippen molar-refractivity contribution in [3.05, 3.63) is 42.2 Å². The molecule has 3 rings (SSSR count). The molecule has 0 atom stereocenters. The van der Waals surface area contributed by atoms with Gasteiger partial charge < -0.3 is 4.74 Å². The van der Waals surface area contributed by atoms with Crippen molar-refractivity contribution < 1.29 is 9.13 Å². The number of ether oxygens (including phenoxy) is 1. The fraction of sp³-hybridized carbons (Fsp3) is 0.704. The van der Waals surface area contributed by atoms with E-state index in [0.717, 1.165) is 48.9 Å². The molecule has 29 heavy (non-hydrogen) atoms. The zero-order valence-electron chi connectivity index (χ0n) is 18.5. The Hall–Kier alpha value is -1.31. The Bertz CT molecular complexity index is 577. The molecule has 2 aliphatic carbocycles. The van der Waals surface area contributed by atoms with Crippen molar-refractivity contribution in [2.75, 3.05) is 6.61 Å². The van der Waals surface area contributed by atoms with Crippen LogP contribution in [0.4, 0.5) is 4.39 Å². The highest BCUT2D eigenvalue weighted by Crippen LogP contribution is 2.44. The Kier molecular flexibility index (Phi) is 9.57. The first-order valence-corrected chi connectivity index (χ1v) is 12.3. The third-order valence-corrected chi connectivity index (χ3v) is 7.53. The largest absolute Gasteiger partial charge is 0.494 e. The Morgan fingerprint density at radius 1 is 0.897 bits per heavy atom. The van der Waals surface area contributed by atoms with Gasteiger partial charge in [0.15, 0.2) is 0 Å². The molecule has 1 aromatic rings. The molecule has 0 aromatic heterocycles. The van der Waals surface area contributed by atoms with E-state index in [-0.39, 0.29) is 0 Å². The Balaban J connectivity index is 1.37. The molecule has 0 amide bonds. The number of unbranched alkanes of at least 4 members (excludes halogenated alkanes) is 2. The summed E-state index contributed by atoms with van der Waals surface area (Å²) in [5.74, 6) is 4.49. The van der Waals surface area contributed by atoms with Crippen molar-refractivity contribution in [1.82, 2.24) is 0 Å². The molecule has 0 spiro atoms. The van der Waals surface area contributed by atoms with E-state index >= 15 is 0 Å². The second-order valence-electron chi connectivity index (χ2n) is 9.46. The average Bonchev–Trinajstić information content (AvgIpc) is 2.78. The van der Waals surface area contributed by atoms with Crippen LogP contribution in [0.15, 0.2) is 36.7 Å². The quantitative estimate of drug-likeness (QED) is 0.357. The van der Waals surface area contributed by atoms with Gasteiger partial charge in [-0.3, -0.25) is 0 Å².